The van der Waals surface area contributed by atoms with Crippen molar-refractivity contribution in [2.75, 3.05) is 0 Å². The summed E-state index contributed by atoms with van der Waals surface area (Å²) in [5.74, 6) is -1.22. The Morgan fingerprint density at radius 1 is 1.75 bits per heavy atom. The van der Waals surface area contributed by atoms with Gasteiger partial charge < -0.3 is 10.1 Å². The first-order valence-corrected chi connectivity index (χ1v) is 3.22. The number of carboxylic acid groups (broad SMARTS) is 1. The van der Waals surface area contributed by atoms with Crippen molar-refractivity contribution >= 4 is 12.0 Å². The fourth-order valence-corrected chi connectivity index (χ4v) is 0.731. The van der Waals surface area contributed by atoms with Crippen LogP contribution in [0.25, 0.3) is 6.08 Å². The number of hydrogen-bond donors (Lipinski definition) is 2. The maximum Gasteiger partial charge on any atom is 0.346 e. The van der Waals surface area contributed by atoms with Crippen molar-refractivity contribution in [1.82, 2.24) is 4.98 Å². The molecule has 12 heavy (non-hydrogen) atoms. The number of nitrogens with zero attached hydrogens (tertiary/aromatic N) is 1. The van der Waals surface area contributed by atoms with Gasteiger partial charge in [-0.3, -0.25) is 0 Å². The summed E-state index contributed by atoms with van der Waals surface area (Å²) in [5, 5.41) is 16.8. The Morgan fingerprint density at radius 2 is 2.50 bits per heavy atom. The maximum atomic E-state index is 10.4. The Labute approximate surface area is 68.8 Å². The predicted octanol–water partition coefficient (Wildman–Crippen LogP) is 1.01. The minimum absolute atomic E-state index is 0.280. The number of carboxylic acids is 1. The summed E-state index contributed by atoms with van der Waals surface area (Å²) in [6.07, 6.45) is 2.94. The summed E-state index contributed by atoms with van der Waals surface area (Å²) in [6, 6.07) is 4.99. The van der Waals surface area contributed by atoms with E-state index in [1.54, 1.807) is 24.4 Å². The zero-order chi connectivity index (χ0) is 8.97. The number of aromatic amines is 1. The van der Waals surface area contributed by atoms with Gasteiger partial charge in [-0.15, -0.1) is 0 Å². The van der Waals surface area contributed by atoms with E-state index in [1.165, 1.54) is 6.08 Å². The molecule has 0 fully saturated rings. The first-order valence-electron chi connectivity index (χ1n) is 3.22. The van der Waals surface area contributed by atoms with Gasteiger partial charge in [0.25, 0.3) is 0 Å². The Bertz CT molecular complexity index is 344. The third-order valence-electron chi connectivity index (χ3n) is 1.27. The summed E-state index contributed by atoms with van der Waals surface area (Å²) >= 11 is 0. The average Bonchev–Trinajstić information content (AvgIpc) is 2.51. The number of nitrogens with one attached hydrogen (secondary N) is 1. The van der Waals surface area contributed by atoms with Crippen molar-refractivity contribution in [2.24, 2.45) is 0 Å². The molecule has 0 bridgehead atoms. The van der Waals surface area contributed by atoms with Gasteiger partial charge in [0, 0.05) is 11.9 Å². The number of rotatable bonds is 2. The van der Waals surface area contributed by atoms with Crippen molar-refractivity contribution in [3.63, 3.8) is 0 Å². The van der Waals surface area contributed by atoms with Gasteiger partial charge in [0.2, 0.25) is 0 Å². The molecule has 0 aliphatic heterocycles. The quantitative estimate of drug-likeness (QED) is 0.503. The second kappa shape index (κ2) is 3.39. The van der Waals surface area contributed by atoms with Crippen LogP contribution in [0.3, 0.4) is 0 Å². The molecule has 0 atom stereocenters. The Morgan fingerprint density at radius 3 is 2.92 bits per heavy atom. The first kappa shape index (κ1) is 8.08. The van der Waals surface area contributed by atoms with E-state index in [0.29, 0.717) is 5.69 Å². The van der Waals surface area contributed by atoms with Crippen LogP contribution in [0.4, 0.5) is 0 Å². The van der Waals surface area contributed by atoms with Crippen LogP contribution in [-0.2, 0) is 4.79 Å². The van der Waals surface area contributed by atoms with E-state index in [0.717, 1.165) is 0 Å². The zero-order valence-electron chi connectivity index (χ0n) is 6.11. The highest BCUT2D eigenvalue weighted by molar-refractivity contribution is 5.96. The molecule has 0 saturated heterocycles. The van der Waals surface area contributed by atoms with Crippen LogP contribution in [0.15, 0.2) is 23.9 Å². The smallest absolute Gasteiger partial charge is 0.346 e. The monoisotopic (exact) mass is 162 g/mol. The van der Waals surface area contributed by atoms with Gasteiger partial charge in [0.1, 0.15) is 11.6 Å². The van der Waals surface area contributed by atoms with Crippen molar-refractivity contribution in [3.8, 4) is 6.07 Å². The third kappa shape index (κ3) is 1.73. The van der Waals surface area contributed by atoms with Crippen LogP contribution in [0, 0.1) is 11.3 Å². The molecule has 0 aromatic carbocycles. The lowest BCUT2D eigenvalue weighted by Gasteiger charge is -1.87. The Kier molecular flexibility index (Phi) is 2.29. The highest BCUT2D eigenvalue weighted by Gasteiger charge is 2.04. The summed E-state index contributed by atoms with van der Waals surface area (Å²) in [7, 11) is 0. The van der Waals surface area contributed by atoms with E-state index in [-0.39, 0.29) is 5.57 Å². The molecule has 1 aromatic heterocycles. The molecule has 0 radical (unpaired) electrons. The number of aromatic nitrogens is 1. The summed E-state index contributed by atoms with van der Waals surface area (Å²) < 4.78 is 0. The molecule has 0 aliphatic rings. The van der Waals surface area contributed by atoms with Gasteiger partial charge in [-0.25, -0.2) is 4.79 Å². The molecule has 0 unspecified atom stereocenters. The largest absolute Gasteiger partial charge is 0.477 e. The second-order valence-corrected chi connectivity index (χ2v) is 2.10. The third-order valence-corrected chi connectivity index (χ3v) is 1.27. The molecule has 1 heterocycles. The molecule has 0 spiro atoms. The number of carbonyl (C=O) groups is 1. The molecule has 60 valence electrons. The number of nitriles is 1. The molecule has 0 aliphatic carbocycles. The molecule has 1 aromatic rings. The van der Waals surface area contributed by atoms with Crippen LogP contribution in [-0.4, -0.2) is 16.1 Å². The minimum Gasteiger partial charge on any atom is -0.477 e. The van der Waals surface area contributed by atoms with E-state index in [9.17, 15) is 4.79 Å². The van der Waals surface area contributed by atoms with Crippen LogP contribution >= 0.6 is 0 Å². The van der Waals surface area contributed by atoms with Crippen molar-refractivity contribution in [3.05, 3.63) is 29.6 Å². The molecular formula is C8H6N2O2. The van der Waals surface area contributed by atoms with E-state index in [1.807, 2.05) is 0 Å². The van der Waals surface area contributed by atoms with E-state index >= 15 is 0 Å². The van der Waals surface area contributed by atoms with Crippen molar-refractivity contribution in [1.29, 1.82) is 5.26 Å². The van der Waals surface area contributed by atoms with Crippen molar-refractivity contribution in [2.45, 2.75) is 0 Å². The fraction of sp³-hybridized carbons (Fsp3) is 0. The van der Waals surface area contributed by atoms with Crippen molar-refractivity contribution < 1.29 is 9.90 Å². The van der Waals surface area contributed by atoms with Crippen LogP contribution < -0.4 is 0 Å². The van der Waals surface area contributed by atoms with Gasteiger partial charge in [0.15, 0.2) is 0 Å². The topological polar surface area (TPSA) is 76.9 Å². The minimum atomic E-state index is -1.22. The first-order chi connectivity index (χ1) is 5.74. The number of H-pyrrole nitrogens is 1. The molecule has 4 heteroatoms. The lowest BCUT2D eigenvalue weighted by atomic mass is 10.2. The molecule has 2 N–H and O–H groups in total. The number of hydrogen-bond acceptors (Lipinski definition) is 2. The zero-order valence-corrected chi connectivity index (χ0v) is 6.11. The number of aliphatic carboxylic acids is 1. The summed E-state index contributed by atoms with van der Waals surface area (Å²) in [5.41, 5.74) is 0.325. The molecule has 0 saturated carbocycles. The fourth-order valence-electron chi connectivity index (χ4n) is 0.731. The molecular weight excluding hydrogens is 156 g/mol. The van der Waals surface area contributed by atoms with Gasteiger partial charge in [-0.1, -0.05) is 0 Å². The highest BCUT2D eigenvalue weighted by Crippen LogP contribution is 2.02. The van der Waals surface area contributed by atoms with Gasteiger partial charge >= 0.3 is 5.97 Å². The standard InChI is InChI=1S/C8H6N2O2/c9-5-6(8(11)12)4-7-2-1-3-10-7/h1-4,10H,(H,11,12). The average molecular weight is 162 g/mol. The van der Waals surface area contributed by atoms with E-state index < -0.39 is 5.97 Å². The summed E-state index contributed by atoms with van der Waals surface area (Å²) in [6.45, 7) is 0. The summed E-state index contributed by atoms with van der Waals surface area (Å²) in [4.78, 5) is 13.1. The SMILES string of the molecule is N#CC(=Cc1ccc[nH]1)C(=O)O. The molecule has 1 rings (SSSR count). The van der Waals surface area contributed by atoms with E-state index in [4.69, 9.17) is 10.4 Å². The lowest BCUT2D eigenvalue weighted by Crippen LogP contribution is -1.97. The molecule has 0 amide bonds. The van der Waals surface area contributed by atoms with Gasteiger partial charge in [-0.05, 0) is 18.2 Å². The van der Waals surface area contributed by atoms with Crippen LogP contribution in [0.2, 0.25) is 0 Å². The van der Waals surface area contributed by atoms with Gasteiger partial charge in [0.05, 0.1) is 0 Å². The van der Waals surface area contributed by atoms with Crippen LogP contribution in [0.5, 0.6) is 0 Å². The lowest BCUT2D eigenvalue weighted by molar-refractivity contribution is -0.132. The Balaban J connectivity index is 2.95. The van der Waals surface area contributed by atoms with Gasteiger partial charge in [-0.2, -0.15) is 5.26 Å². The van der Waals surface area contributed by atoms with Crippen LogP contribution in [0.1, 0.15) is 5.69 Å². The predicted molar refractivity (Wildman–Crippen MR) is 42.0 cm³/mol. The normalized spacial score (nSPS) is 10.8. The second-order valence-electron chi connectivity index (χ2n) is 2.10. The maximum absolute atomic E-state index is 10.4. The highest BCUT2D eigenvalue weighted by atomic mass is 16.4. The molecule has 4 nitrogen and oxygen atoms in total. The van der Waals surface area contributed by atoms with E-state index in [2.05, 4.69) is 4.98 Å². The Hall–Kier alpha value is -2.02.